The van der Waals surface area contributed by atoms with Crippen molar-refractivity contribution in [1.29, 1.82) is 0 Å². The predicted octanol–water partition coefficient (Wildman–Crippen LogP) is 1.07. The van der Waals surface area contributed by atoms with Gasteiger partial charge in [0.2, 0.25) is 0 Å². The van der Waals surface area contributed by atoms with Crippen LogP contribution in [0.2, 0.25) is 0 Å². The molecule has 1 atom stereocenters. The van der Waals surface area contributed by atoms with Gasteiger partial charge in [0, 0.05) is 31.8 Å². The Kier molecular flexibility index (Phi) is 7.84. The Bertz CT molecular complexity index is 777. The molecule has 0 bridgehead atoms. The van der Waals surface area contributed by atoms with Gasteiger partial charge in [0.25, 0.3) is 5.91 Å². The van der Waals surface area contributed by atoms with E-state index in [0.717, 1.165) is 38.3 Å². The Hall–Kier alpha value is -3.05. The van der Waals surface area contributed by atoms with E-state index >= 15 is 0 Å². The summed E-state index contributed by atoms with van der Waals surface area (Å²) in [6.45, 7) is 10.3. The number of oxime groups is 1. The first-order valence-electron chi connectivity index (χ1n) is 9.32. The Morgan fingerprint density at radius 1 is 1.29 bits per heavy atom. The highest BCUT2D eigenvalue weighted by atomic mass is 16.4. The normalized spacial score (nSPS) is 22.2. The SMILES string of the molecule is C\C=C/C(=C\C=C(/C)C#C[C@@H]1NC(=O)NC1=O)C(=N/O)/N1CCN(CC)CC1. The lowest BCUT2D eigenvalue weighted by Gasteiger charge is -2.35. The van der Waals surface area contributed by atoms with Crippen LogP contribution in [0.25, 0.3) is 0 Å². The molecule has 28 heavy (non-hydrogen) atoms. The number of imide groups is 1. The fourth-order valence-corrected chi connectivity index (χ4v) is 2.92. The first kappa shape index (κ1) is 21.3. The van der Waals surface area contributed by atoms with Gasteiger partial charge in [-0.1, -0.05) is 48.2 Å². The van der Waals surface area contributed by atoms with Gasteiger partial charge >= 0.3 is 6.03 Å². The summed E-state index contributed by atoms with van der Waals surface area (Å²) >= 11 is 0. The van der Waals surface area contributed by atoms with Crippen LogP contribution in [0.15, 0.2) is 40.6 Å². The molecular weight excluding hydrogens is 358 g/mol. The molecule has 0 radical (unpaired) electrons. The maximum Gasteiger partial charge on any atom is 0.322 e. The molecule has 0 aromatic carbocycles. The third kappa shape index (κ3) is 5.72. The molecule has 0 saturated carbocycles. The molecule has 2 aliphatic heterocycles. The number of carbonyl (C=O) groups excluding carboxylic acids is 2. The quantitative estimate of drug-likeness (QED) is 0.128. The molecule has 8 heteroatoms. The fraction of sp³-hybridized carbons (Fsp3) is 0.450. The highest BCUT2D eigenvalue weighted by Gasteiger charge is 2.27. The fourth-order valence-electron chi connectivity index (χ4n) is 2.92. The second-order valence-corrected chi connectivity index (χ2v) is 6.48. The number of urea groups is 1. The molecular formula is C20H27N5O3. The minimum Gasteiger partial charge on any atom is -0.409 e. The van der Waals surface area contributed by atoms with Gasteiger partial charge in [-0.05, 0) is 26.0 Å². The molecule has 3 amide bonds. The minimum absolute atomic E-state index is 0.448. The summed E-state index contributed by atoms with van der Waals surface area (Å²) in [6, 6.07) is -1.37. The van der Waals surface area contributed by atoms with Gasteiger partial charge in [-0.2, -0.15) is 0 Å². The van der Waals surface area contributed by atoms with Crippen molar-refractivity contribution in [3.05, 3.63) is 35.5 Å². The van der Waals surface area contributed by atoms with Crippen LogP contribution >= 0.6 is 0 Å². The Labute approximate surface area is 165 Å². The number of carbonyl (C=O) groups is 2. The molecule has 150 valence electrons. The van der Waals surface area contributed by atoms with Crippen LogP contribution in [0, 0.1) is 11.8 Å². The summed E-state index contributed by atoms with van der Waals surface area (Å²) in [6.07, 6.45) is 7.39. The summed E-state index contributed by atoms with van der Waals surface area (Å²) in [5.74, 6) is 5.67. The van der Waals surface area contributed by atoms with Crippen molar-refractivity contribution in [1.82, 2.24) is 20.4 Å². The number of nitrogens with one attached hydrogen (secondary N) is 2. The van der Waals surface area contributed by atoms with E-state index in [1.165, 1.54) is 0 Å². The summed E-state index contributed by atoms with van der Waals surface area (Å²) in [7, 11) is 0. The van der Waals surface area contributed by atoms with E-state index in [-0.39, 0.29) is 0 Å². The number of nitrogens with zero attached hydrogens (tertiary/aromatic N) is 3. The average molecular weight is 385 g/mol. The predicted molar refractivity (Wildman–Crippen MR) is 108 cm³/mol. The topological polar surface area (TPSA) is 97.3 Å². The highest BCUT2D eigenvalue weighted by Crippen LogP contribution is 2.11. The zero-order valence-electron chi connectivity index (χ0n) is 16.5. The molecule has 0 spiro atoms. The van der Waals surface area contributed by atoms with E-state index in [1.807, 2.05) is 25.2 Å². The number of amidine groups is 1. The Morgan fingerprint density at radius 3 is 2.54 bits per heavy atom. The number of piperazine rings is 1. The molecule has 2 aliphatic rings. The molecule has 2 heterocycles. The number of allylic oxidation sites excluding steroid dienone is 4. The van der Waals surface area contributed by atoms with Crippen LogP contribution < -0.4 is 10.6 Å². The second-order valence-electron chi connectivity index (χ2n) is 6.48. The van der Waals surface area contributed by atoms with E-state index < -0.39 is 18.0 Å². The van der Waals surface area contributed by atoms with E-state index in [2.05, 4.69) is 44.4 Å². The van der Waals surface area contributed by atoms with Crippen LogP contribution in [0.3, 0.4) is 0 Å². The Balaban J connectivity index is 2.13. The van der Waals surface area contributed by atoms with Gasteiger partial charge in [0.05, 0.1) is 0 Å². The number of likely N-dealkylation sites (N-methyl/N-ethyl adjacent to an activating group) is 1. The molecule has 0 unspecified atom stereocenters. The van der Waals surface area contributed by atoms with Gasteiger partial charge < -0.3 is 20.3 Å². The van der Waals surface area contributed by atoms with Crippen LogP contribution in [0.5, 0.6) is 0 Å². The lowest BCUT2D eigenvalue weighted by atomic mass is 10.1. The third-order valence-corrected chi connectivity index (χ3v) is 4.52. The van der Waals surface area contributed by atoms with E-state index in [0.29, 0.717) is 11.4 Å². The smallest absolute Gasteiger partial charge is 0.322 e. The van der Waals surface area contributed by atoms with Gasteiger partial charge in [-0.15, -0.1) is 0 Å². The molecule has 2 saturated heterocycles. The summed E-state index contributed by atoms with van der Waals surface area (Å²) in [5.41, 5.74) is 1.48. The number of hydrogen-bond donors (Lipinski definition) is 3. The third-order valence-electron chi connectivity index (χ3n) is 4.52. The van der Waals surface area contributed by atoms with E-state index in [9.17, 15) is 14.8 Å². The van der Waals surface area contributed by atoms with Crippen molar-refractivity contribution in [2.45, 2.75) is 26.8 Å². The molecule has 0 aliphatic carbocycles. The molecule has 2 rings (SSSR count). The van der Waals surface area contributed by atoms with Crippen LogP contribution in [-0.4, -0.2) is 71.5 Å². The minimum atomic E-state index is -0.834. The first-order chi connectivity index (χ1) is 13.5. The van der Waals surface area contributed by atoms with E-state index in [4.69, 9.17) is 0 Å². The first-order valence-corrected chi connectivity index (χ1v) is 9.32. The summed E-state index contributed by atoms with van der Waals surface area (Å²) < 4.78 is 0. The van der Waals surface area contributed by atoms with Crippen LogP contribution in [-0.2, 0) is 4.79 Å². The van der Waals surface area contributed by atoms with Gasteiger partial charge in [0.15, 0.2) is 11.9 Å². The standard InChI is InChI=1S/C20H27N5O3/c1-4-6-16(18(23-28)25-13-11-24(5-2)12-14-25)9-7-15(3)8-10-17-19(26)22-20(27)21-17/h4,6-7,9,17,28H,5,11-14H2,1-3H3,(H2,21,22,26,27)/b6-4-,15-7+,16-9+,23-18-/t17-/m0/s1. The zero-order valence-corrected chi connectivity index (χ0v) is 16.5. The summed E-state index contributed by atoms with van der Waals surface area (Å²) in [4.78, 5) is 27.0. The van der Waals surface area contributed by atoms with Gasteiger partial charge in [-0.25, -0.2) is 4.79 Å². The molecule has 0 aromatic rings. The molecule has 3 N–H and O–H groups in total. The van der Waals surface area contributed by atoms with Crippen molar-refractivity contribution in [2.75, 3.05) is 32.7 Å². The van der Waals surface area contributed by atoms with Gasteiger partial charge in [-0.3, -0.25) is 10.1 Å². The zero-order chi connectivity index (χ0) is 20.5. The maximum absolute atomic E-state index is 11.5. The molecule has 2 fully saturated rings. The van der Waals surface area contributed by atoms with Crippen LogP contribution in [0.1, 0.15) is 20.8 Å². The lowest BCUT2D eigenvalue weighted by Crippen LogP contribution is -2.48. The van der Waals surface area contributed by atoms with Gasteiger partial charge in [0.1, 0.15) is 0 Å². The largest absolute Gasteiger partial charge is 0.409 e. The van der Waals surface area contributed by atoms with Crippen molar-refractivity contribution >= 4 is 17.8 Å². The van der Waals surface area contributed by atoms with Crippen molar-refractivity contribution in [3.63, 3.8) is 0 Å². The number of hydrogen-bond acceptors (Lipinski definition) is 5. The number of amides is 3. The van der Waals surface area contributed by atoms with E-state index in [1.54, 1.807) is 13.0 Å². The highest BCUT2D eigenvalue weighted by molar-refractivity contribution is 6.05. The molecule has 0 aromatic heterocycles. The molecule has 8 nitrogen and oxygen atoms in total. The lowest BCUT2D eigenvalue weighted by molar-refractivity contribution is -0.119. The number of rotatable bonds is 4. The average Bonchev–Trinajstić information content (AvgIpc) is 3.02. The maximum atomic E-state index is 11.5. The van der Waals surface area contributed by atoms with Crippen molar-refractivity contribution in [2.24, 2.45) is 5.16 Å². The summed E-state index contributed by atoms with van der Waals surface area (Å²) in [5, 5.41) is 17.7. The van der Waals surface area contributed by atoms with Crippen LogP contribution in [0.4, 0.5) is 4.79 Å². The Morgan fingerprint density at radius 2 is 2.00 bits per heavy atom. The van der Waals surface area contributed by atoms with Crippen molar-refractivity contribution < 1.29 is 14.8 Å². The monoisotopic (exact) mass is 385 g/mol. The second kappa shape index (κ2) is 10.3. The van der Waals surface area contributed by atoms with Crippen molar-refractivity contribution in [3.8, 4) is 11.8 Å².